The van der Waals surface area contributed by atoms with Crippen LogP contribution in [0.4, 0.5) is 5.69 Å². The maximum absolute atomic E-state index is 5.12. The van der Waals surface area contributed by atoms with Crippen molar-refractivity contribution in [3.63, 3.8) is 0 Å². The van der Waals surface area contributed by atoms with E-state index in [1.165, 1.54) is 0 Å². The molecule has 1 rings (SSSR count). The zero-order chi connectivity index (χ0) is 15.7. The van der Waals surface area contributed by atoms with Crippen LogP contribution in [0, 0.1) is 0 Å². The van der Waals surface area contributed by atoms with Gasteiger partial charge in [-0.15, -0.1) is 0 Å². The van der Waals surface area contributed by atoms with Crippen LogP contribution in [0.3, 0.4) is 0 Å². The summed E-state index contributed by atoms with van der Waals surface area (Å²) in [5.74, 6) is 1.26. The first-order valence-electron chi connectivity index (χ1n) is 7.86. The average molecular weight is 294 g/mol. The van der Waals surface area contributed by atoms with Crippen molar-refractivity contribution >= 4 is 5.69 Å². The molecule has 0 aliphatic carbocycles. The molecule has 0 atom stereocenters. The van der Waals surface area contributed by atoms with E-state index in [1.54, 1.807) is 7.11 Å². The normalized spacial score (nSPS) is 11.1. The lowest BCUT2D eigenvalue weighted by Crippen LogP contribution is -2.25. The summed E-state index contributed by atoms with van der Waals surface area (Å²) in [7, 11) is 3.83. The first kappa shape index (κ1) is 17.9. The Balaban J connectivity index is 2.83. The molecule has 1 N–H and O–H groups in total. The summed E-state index contributed by atoms with van der Waals surface area (Å²) in [6.45, 7) is 9.94. The van der Waals surface area contributed by atoms with E-state index in [9.17, 15) is 0 Å². The molecule has 0 aromatic carbocycles. The van der Waals surface area contributed by atoms with Gasteiger partial charge in [0.15, 0.2) is 0 Å². The van der Waals surface area contributed by atoms with Gasteiger partial charge in [-0.2, -0.15) is 0 Å². The fraction of sp³-hybridized carbons (Fsp3) is 0.750. The Kier molecular flexibility index (Phi) is 8.23. The van der Waals surface area contributed by atoms with Crippen molar-refractivity contribution in [3.8, 4) is 0 Å². The monoisotopic (exact) mass is 294 g/mol. The minimum atomic E-state index is 0.350. The topological polar surface area (TPSA) is 50.3 Å². The standard InChI is InChI=1S/C16H30N4O/c1-6-8-17-11-14-15(20(4)9-7-10-21-5)12-18-16(19-14)13(2)3/h12-13,17H,6-11H2,1-5H3. The Morgan fingerprint density at radius 2 is 2.14 bits per heavy atom. The molecular formula is C16H30N4O. The molecule has 1 aromatic rings. The molecule has 0 spiro atoms. The van der Waals surface area contributed by atoms with Crippen LogP contribution in [0.15, 0.2) is 6.20 Å². The van der Waals surface area contributed by atoms with Gasteiger partial charge in [-0.3, -0.25) is 0 Å². The number of hydrogen-bond acceptors (Lipinski definition) is 5. The molecule has 0 fully saturated rings. The molecule has 0 aliphatic heterocycles. The SMILES string of the molecule is CCCNCc1nc(C(C)C)ncc1N(C)CCCOC. The molecule has 1 aromatic heterocycles. The van der Waals surface area contributed by atoms with Gasteiger partial charge >= 0.3 is 0 Å². The van der Waals surface area contributed by atoms with E-state index in [0.29, 0.717) is 5.92 Å². The zero-order valence-corrected chi connectivity index (χ0v) is 14.1. The van der Waals surface area contributed by atoms with Crippen molar-refractivity contribution in [2.45, 2.75) is 46.1 Å². The smallest absolute Gasteiger partial charge is 0.131 e. The van der Waals surface area contributed by atoms with Crippen molar-refractivity contribution in [2.75, 3.05) is 38.8 Å². The summed E-state index contributed by atoms with van der Waals surface area (Å²) in [4.78, 5) is 11.5. The molecule has 0 unspecified atom stereocenters. The predicted octanol–water partition coefficient (Wildman–Crippen LogP) is 2.57. The van der Waals surface area contributed by atoms with Crippen molar-refractivity contribution in [1.82, 2.24) is 15.3 Å². The molecule has 0 aliphatic rings. The molecule has 0 radical (unpaired) electrons. The van der Waals surface area contributed by atoms with E-state index in [1.807, 2.05) is 6.20 Å². The lowest BCUT2D eigenvalue weighted by atomic mass is 10.2. The fourth-order valence-electron chi connectivity index (χ4n) is 2.10. The highest BCUT2D eigenvalue weighted by atomic mass is 16.5. The highest BCUT2D eigenvalue weighted by molar-refractivity contribution is 5.48. The van der Waals surface area contributed by atoms with Gasteiger partial charge in [-0.25, -0.2) is 9.97 Å². The number of rotatable bonds is 10. The number of nitrogens with one attached hydrogen (secondary N) is 1. The van der Waals surface area contributed by atoms with Crippen LogP contribution in [-0.4, -0.2) is 43.8 Å². The Morgan fingerprint density at radius 3 is 2.76 bits per heavy atom. The lowest BCUT2D eigenvalue weighted by Gasteiger charge is -2.22. The van der Waals surface area contributed by atoms with Gasteiger partial charge < -0.3 is 15.0 Å². The van der Waals surface area contributed by atoms with E-state index in [-0.39, 0.29) is 0 Å². The Hall–Kier alpha value is -1.20. The molecule has 21 heavy (non-hydrogen) atoms. The number of ether oxygens (including phenoxy) is 1. The Labute approximate surface area is 129 Å². The van der Waals surface area contributed by atoms with Gasteiger partial charge in [-0.05, 0) is 19.4 Å². The van der Waals surface area contributed by atoms with Crippen LogP contribution in [0.2, 0.25) is 0 Å². The average Bonchev–Trinajstić information content (AvgIpc) is 2.47. The van der Waals surface area contributed by atoms with E-state index in [0.717, 1.165) is 56.3 Å². The van der Waals surface area contributed by atoms with Crippen molar-refractivity contribution < 1.29 is 4.74 Å². The largest absolute Gasteiger partial charge is 0.385 e. The molecule has 0 amide bonds. The predicted molar refractivity (Wildman–Crippen MR) is 87.9 cm³/mol. The molecule has 5 heteroatoms. The Morgan fingerprint density at radius 1 is 1.38 bits per heavy atom. The molecular weight excluding hydrogens is 264 g/mol. The summed E-state index contributed by atoms with van der Waals surface area (Å²) >= 11 is 0. The number of aromatic nitrogens is 2. The van der Waals surface area contributed by atoms with E-state index in [2.05, 4.69) is 43.0 Å². The summed E-state index contributed by atoms with van der Waals surface area (Å²) < 4.78 is 5.12. The third kappa shape index (κ3) is 5.98. The van der Waals surface area contributed by atoms with Gasteiger partial charge in [0.25, 0.3) is 0 Å². The Bertz CT molecular complexity index is 409. The number of nitrogens with zero attached hydrogens (tertiary/aromatic N) is 3. The van der Waals surface area contributed by atoms with E-state index in [4.69, 9.17) is 9.72 Å². The zero-order valence-electron chi connectivity index (χ0n) is 14.1. The molecule has 0 saturated heterocycles. The quantitative estimate of drug-likeness (QED) is 0.672. The maximum atomic E-state index is 5.12. The minimum Gasteiger partial charge on any atom is -0.385 e. The van der Waals surface area contributed by atoms with Gasteiger partial charge in [0, 0.05) is 39.8 Å². The minimum absolute atomic E-state index is 0.350. The highest BCUT2D eigenvalue weighted by Gasteiger charge is 2.12. The maximum Gasteiger partial charge on any atom is 0.131 e. The number of hydrogen-bond donors (Lipinski definition) is 1. The van der Waals surface area contributed by atoms with Crippen LogP contribution in [-0.2, 0) is 11.3 Å². The summed E-state index contributed by atoms with van der Waals surface area (Å²) in [6.07, 6.45) is 4.08. The molecule has 5 nitrogen and oxygen atoms in total. The first-order chi connectivity index (χ1) is 10.1. The van der Waals surface area contributed by atoms with Crippen LogP contribution >= 0.6 is 0 Å². The van der Waals surface area contributed by atoms with Gasteiger partial charge in [0.1, 0.15) is 5.82 Å². The van der Waals surface area contributed by atoms with Crippen LogP contribution in [0.1, 0.15) is 51.0 Å². The lowest BCUT2D eigenvalue weighted by molar-refractivity contribution is 0.196. The second-order valence-electron chi connectivity index (χ2n) is 5.66. The third-order valence-electron chi connectivity index (χ3n) is 3.35. The van der Waals surface area contributed by atoms with Crippen molar-refractivity contribution in [2.24, 2.45) is 0 Å². The molecule has 120 valence electrons. The molecule has 0 bridgehead atoms. The fourth-order valence-corrected chi connectivity index (χ4v) is 2.10. The second kappa shape index (κ2) is 9.68. The summed E-state index contributed by atoms with van der Waals surface area (Å²) in [5, 5.41) is 3.44. The number of anilines is 1. The summed E-state index contributed by atoms with van der Waals surface area (Å²) in [5.41, 5.74) is 2.20. The molecule has 1 heterocycles. The number of methoxy groups -OCH3 is 1. The second-order valence-corrected chi connectivity index (χ2v) is 5.66. The van der Waals surface area contributed by atoms with Crippen molar-refractivity contribution in [3.05, 3.63) is 17.7 Å². The van der Waals surface area contributed by atoms with E-state index >= 15 is 0 Å². The van der Waals surface area contributed by atoms with Crippen LogP contribution < -0.4 is 10.2 Å². The molecule has 0 saturated carbocycles. The van der Waals surface area contributed by atoms with Gasteiger partial charge in [0.2, 0.25) is 0 Å². The van der Waals surface area contributed by atoms with Crippen LogP contribution in [0.25, 0.3) is 0 Å². The third-order valence-corrected chi connectivity index (χ3v) is 3.35. The first-order valence-corrected chi connectivity index (χ1v) is 7.86. The highest BCUT2D eigenvalue weighted by Crippen LogP contribution is 2.19. The summed E-state index contributed by atoms with van der Waals surface area (Å²) in [6, 6.07) is 0. The van der Waals surface area contributed by atoms with Crippen LogP contribution in [0.5, 0.6) is 0 Å². The van der Waals surface area contributed by atoms with Crippen molar-refractivity contribution in [1.29, 1.82) is 0 Å². The van der Waals surface area contributed by atoms with E-state index < -0.39 is 0 Å². The van der Waals surface area contributed by atoms with Gasteiger partial charge in [-0.1, -0.05) is 20.8 Å². The van der Waals surface area contributed by atoms with Gasteiger partial charge in [0.05, 0.1) is 17.6 Å².